The number of hydrogen-bond acceptors (Lipinski definition) is 6. The number of piperazine rings is 1. The number of nitrogens with one attached hydrogen (secondary N) is 2. The average Bonchev–Trinajstić information content (AvgIpc) is 3.18. The van der Waals surface area contributed by atoms with Crippen LogP contribution in [-0.4, -0.2) is 60.0 Å². The Kier molecular flexibility index (Phi) is 6.74. The molecule has 2 aliphatic rings. The second-order valence-corrected chi connectivity index (χ2v) is 8.23. The zero-order chi connectivity index (χ0) is 21.6. The van der Waals surface area contributed by atoms with E-state index in [1.165, 1.54) is 5.56 Å². The third-order valence-electron chi connectivity index (χ3n) is 5.54. The largest absolute Gasteiger partial charge is 0.354 e. The number of aliphatic imine (C=N–C) groups is 1. The van der Waals surface area contributed by atoms with Crippen molar-refractivity contribution in [3.05, 3.63) is 59.9 Å². The van der Waals surface area contributed by atoms with Crippen LogP contribution in [0.4, 0.5) is 11.6 Å². The summed E-state index contributed by atoms with van der Waals surface area (Å²) >= 11 is 0. The Morgan fingerprint density at radius 1 is 1.13 bits per heavy atom. The normalized spacial score (nSPS) is 21.0. The van der Waals surface area contributed by atoms with Crippen LogP contribution in [0.2, 0.25) is 0 Å². The van der Waals surface area contributed by atoms with Crippen molar-refractivity contribution in [2.75, 3.05) is 38.1 Å². The number of benzene rings is 1. The van der Waals surface area contributed by atoms with Crippen LogP contribution < -0.4 is 15.8 Å². The first-order valence-corrected chi connectivity index (χ1v) is 10.9. The highest BCUT2D eigenvalue weighted by Crippen LogP contribution is 2.21. The first-order chi connectivity index (χ1) is 15.1. The monoisotopic (exact) mass is 417 g/mol. The number of anilines is 1. The second-order valence-electron chi connectivity index (χ2n) is 8.23. The van der Waals surface area contributed by atoms with Crippen LogP contribution >= 0.6 is 0 Å². The summed E-state index contributed by atoms with van der Waals surface area (Å²) in [4.78, 5) is 18.9. The molecule has 3 heterocycles. The number of aromatic nitrogens is 2. The van der Waals surface area contributed by atoms with Gasteiger partial charge in [-0.1, -0.05) is 36.4 Å². The Hall–Kier alpha value is -3.03. The lowest BCUT2D eigenvalue weighted by Crippen LogP contribution is -2.44. The van der Waals surface area contributed by atoms with Crippen LogP contribution in [-0.2, 0) is 6.42 Å². The quantitative estimate of drug-likeness (QED) is 0.704. The van der Waals surface area contributed by atoms with Gasteiger partial charge in [-0.25, -0.2) is 20.4 Å². The first kappa shape index (κ1) is 21.2. The van der Waals surface area contributed by atoms with Gasteiger partial charge in [0.2, 0.25) is 0 Å². The Balaban J connectivity index is 1.59. The van der Waals surface area contributed by atoms with Gasteiger partial charge in [-0.3, -0.25) is 0 Å². The second kappa shape index (κ2) is 9.85. The Bertz CT molecular complexity index is 956. The molecule has 0 aliphatic carbocycles. The summed E-state index contributed by atoms with van der Waals surface area (Å²) in [5.41, 5.74) is 8.70. The van der Waals surface area contributed by atoms with E-state index in [1.54, 1.807) is 0 Å². The Labute approximate surface area is 184 Å². The molecule has 1 unspecified atom stereocenters. The number of allylic oxidation sites excluding steroid dienone is 1. The van der Waals surface area contributed by atoms with Crippen LogP contribution in [0.15, 0.2) is 48.0 Å². The standard InChI is InChI=1S/C24H31N7/c1-4-5-19-6-8-20(9-7-19)10-11-21-25-22(26-23-16-18(2)28-29-23)17-24(27-21)31-14-12-30(3)13-15-31/h4,6-11,17-18,28H,1,5,12-16H2,2-3H3,(H,25,26,27,29)/b11-10+. The molecule has 1 atom stereocenters. The fourth-order valence-corrected chi connectivity index (χ4v) is 3.68. The molecule has 0 amide bonds. The predicted octanol–water partition coefficient (Wildman–Crippen LogP) is 3.04. The van der Waals surface area contributed by atoms with Crippen molar-refractivity contribution in [3.8, 4) is 0 Å². The highest BCUT2D eigenvalue weighted by atomic mass is 15.4. The van der Waals surface area contributed by atoms with Gasteiger partial charge < -0.3 is 15.2 Å². The third-order valence-corrected chi connectivity index (χ3v) is 5.54. The van der Waals surface area contributed by atoms with Crippen LogP contribution in [0.5, 0.6) is 0 Å². The SMILES string of the molecule is C=CCc1ccc(/C=C/c2nc(N=C3CC(C)NN3)cc(N3CCN(C)CC3)n2)cc1. The van der Waals surface area contributed by atoms with Crippen molar-refractivity contribution in [2.45, 2.75) is 25.8 Å². The minimum atomic E-state index is 0.362. The summed E-state index contributed by atoms with van der Waals surface area (Å²) in [5, 5.41) is 0. The maximum Gasteiger partial charge on any atom is 0.160 e. The first-order valence-electron chi connectivity index (χ1n) is 10.9. The van der Waals surface area contributed by atoms with Crippen molar-refractivity contribution >= 4 is 29.6 Å². The molecule has 2 N–H and O–H groups in total. The van der Waals surface area contributed by atoms with Crippen LogP contribution in [0.1, 0.15) is 30.3 Å². The highest BCUT2D eigenvalue weighted by molar-refractivity contribution is 5.86. The Morgan fingerprint density at radius 3 is 2.58 bits per heavy atom. The van der Waals surface area contributed by atoms with E-state index in [4.69, 9.17) is 15.0 Å². The molecule has 1 aromatic heterocycles. The summed E-state index contributed by atoms with van der Waals surface area (Å²) in [6, 6.07) is 10.8. The predicted molar refractivity (Wildman–Crippen MR) is 128 cm³/mol. The molecule has 2 fully saturated rings. The summed E-state index contributed by atoms with van der Waals surface area (Å²) in [6.45, 7) is 9.88. The van der Waals surface area contributed by atoms with Gasteiger partial charge >= 0.3 is 0 Å². The van der Waals surface area contributed by atoms with Crippen LogP contribution in [0, 0.1) is 0 Å². The van der Waals surface area contributed by atoms with Gasteiger partial charge in [-0.15, -0.1) is 6.58 Å². The van der Waals surface area contributed by atoms with Gasteiger partial charge in [0, 0.05) is 44.7 Å². The lowest BCUT2D eigenvalue weighted by atomic mass is 10.1. The summed E-state index contributed by atoms with van der Waals surface area (Å²) < 4.78 is 0. The minimum Gasteiger partial charge on any atom is -0.354 e. The lowest BCUT2D eigenvalue weighted by Gasteiger charge is -2.33. The van der Waals surface area contributed by atoms with Crippen LogP contribution in [0.25, 0.3) is 12.2 Å². The number of rotatable bonds is 6. The molecule has 0 bridgehead atoms. The molecule has 0 spiro atoms. The number of hydrazine groups is 1. The number of likely N-dealkylation sites (N-methyl/N-ethyl adjacent to an activating group) is 1. The molecule has 2 saturated heterocycles. The molecular formula is C24H31N7. The van der Waals surface area contributed by atoms with Crippen molar-refractivity contribution in [2.24, 2.45) is 4.99 Å². The average molecular weight is 418 g/mol. The van der Waals surface area contributed by atoms with E-state index >= 15 is 0 Å². The van der Waals surface area contributed by atoms with E-state index in [-0.39, 0.29) is 0 Å². The molecule has 7 nitrogen and oxygen atoms in total. The smallest absolute Gasteiger partial charge is 0.160 e. The molecule has 4 rings (SSSR count). The Morgan fingerprint density at radius 2 is 1.90 bits per heavy atom. The lowest BCUT2D eigenvalue weighted by molar-refractivity contribution is 0.312. The summed E-state index contributed by atoms with van der Waals surface area (Å²) in [6.07, 6.45) is 7.67. The number of nitrogens with zero attached hydrogens (tertiary/aromatic N) is 5. The zero-order valence-electron chi connectivity index (χ0n) is 18.4. The highest BCUT2D eigenvalue weighted by Gasteiger charge is 2.18. The van der Waals surface area contributed by atoms with E-state index in [0.29, 0.717) is 17.7 Å². The van der Waals surface area contributed by atoms with E-state index in [1.807, 2.05) is 18.2 Å². The van der Waals surface area contributed by atoms with Gasteiger partial charge in [-0.05, 0) is 37.6 Å². The van der Waals surface area contributed by atoms with Crippen LogP contribution in [0.3, 0.4) is 0 Å². The maximum absolute atomic E-state index is 4.82. The maximum atomic E-state index is 4.82. The molecular weight excluding hydrogens is 386 g/mol. The van der Waals surface area contributed by atoms with E-state index in [2.05, 4.69) is 71.5 Å². The van der Waals surface area contributed by atoms with Gasteiger partial charge in [0.25, 0.3) is 0 Å². The van der Waals surface area contributed by atoms with E-state index < -0.39 is 0 Å². The fraction of sp³-hybridized carbons (Fsp3) is 0.375. The van der Waals surface area contributed by atoms with E-state index in [9.17, 15) is 0 Å². The number of amidine groups is 1. The van der Waals surface area contributed by atoms with Gasteiger partial charge in [-0.2, -0.15) is 0 Å². The van der Waals surface area contributed by atoms with Gasteiger partial charge in [0.1, 0.15) is 11.7 Å². The summed E-state index contributed by atoms with van der Waals surface area (Å²) in [5.74, 6) is 3.19. The van der Waals surface area contributed by atoms with Crippen molar-refractivity contribution in [3.63, 3.8) is 0 Å². The topological polar surface area (TPSA) is 68.7 Å². The molecule has 7 heteroatoms. The molecule has 0 radical (unpaired) electrons. The zero-order valence-corrected chi connectivity index (χ0v) is 18.4. The molecule has 162 valence electrons. The van der Waals surface area contributed by atoms with Crippen molar-refractivity contribution in [1.29, 1.82) is 0 Å². The van der Waals surface area contributed by atoms with Gasteiger partial charge in [0.15, 0.2) is 11.6 Å². The van der Waals surface area contributed by atoms with Gasteiger partial charge in [0.05, 0.1) is 0 Å². The molecule has 2 aromatic rings. The molecule has 0 saturated carbocycles. The minimum absolute atomic E-state index is 0.362. The fourth-order valence-electron chi connectivity index (χ4n) is 3.68. The molecule has 31 heavy (non-hydrogen) atoms. The third kappa shape index (κ3) is 5.77. The summed E-state index contributed by atoms with van der Waals surface area (Å²) in [7, 11) is 2.16. The van der Waals surface area contributed by atoms with Crippen molar-refractivity contribution < 1.29 is 0 Å². The van der Waals surface area contributed by atoms with E-state index in [0.717, 1.165) is 56.2 Å². The van der Waals surface area contributed by atoms with Crippen molar-refractivity contribution in [1.82, 2.24) is 25.7 Å². The molecule has 2 aliphatic heterocycles. The molecule has 1 aromatic carbocycles. The number of hydrogen-bond donors (Lipinski definition) is 2.